The summed E-state index contributed by atoms with van der Waals surface area (Å²) in [6.45, 7) is -0.171. The molecule has 0 saturated heterocycles. The van der Waals surface area contributed by atoms with E-state index in [-0.39, 0.29) is 12.5 Å². The molecule has 1 aromatic rings. The third-order valence-electron chi connectivity index (χ3n) is 6.75. The molecule has 0 aromatic heterocycles. The molecule has 0 radical (unpaired) electrons. The normalized spacial score (nSPS) is 32.8. The van der Waals surface area contributed by atoms with E-state index in [1.165, 1.54) is 51.1 Å². The van der Waals surface area contributed by atoms with Crippen molar-refractivity contribution in [3.63, 3.8) is 0 Å². The third kappa shape index (κ3) is 3.41. The fourth-order valence-corrected chi connectivity index (χ4v) is 6.24. The molecular formula is C20H28N2O3S. The van der Waals surface area contributed by atoms with E-state index < -0.39 is 10.0 Å². The van der Waals surface area contributed by atoms with Crippen LogP contribution in [0.1, 0.15) is 44.1 Å². The SMILES string of the molecule is CN(CC(=O)Nc1ccc(C23CC4CC(CC(C4)C2)C3)cc1)S(C)(=O)=O. The average molecular weight is 377 g/mol. The van der Waals surface area contributed by atoms with Gasteiger partial charge in [0.25, 0.3) is 0 Å². The standard InChI is InChI=1S/C20H28N2O3S/c1-22(26(2,24)25)13-19(23)21-18-5-3-17(4-6-18)20-10-14-7-15(11-20)9-16(8-14)12-20/h3-6,14-16H,7-13H2,1-2H3,(H,21,23). The second-order valence-electron chi connectivity index (χ2n) is 8.84. The number of benzene rings is 1. The fraction of sp³-hybridized carbons (Fsp3) is 0.650. The Morgan fingerprint density at radius 1 is 1.08 bits per heavy atom. The maximum Gasteiger partial charge on any atom is 0.239 e. The Kier molecular flexibility index (Phi) is 4.39. The van der Waals surface area contributed by atoms with Gasteiger partial charge in [0.05, 0.1) is 12.8 Å². The molecule has 6 heteroatoms. The molecule has 0 heterocycles. The van der Waals surface area contributed by atoms with E-state index in [1.54, 1.807) is 0 Å². The van der Waals surface area contributed by atoms with Gasteiger partial charge in [-0.3, -0.25) is 4.79 Å². The summed E-state index contributed by atoms with van der Waals surface area (Å²) in [5.41, 5.74) is 2.50. The highest BCUT2D eigenvalue weighted by molar-refractivity contribution is 7.88. The molecular weight excluding hydrogens is 348 g/mol. The number of nitrogens with zero attached hydrogens (tertiary/aromatic N) is 1. The maximum absolute atomic E-state index is 12.1. The summed E-state index contributed by atoms with van der Waals surface area (Å²) in [5.74, 6) is 2.41. The first-order valence-electron chi connectivity index (χ1n) is 9.55. The van der Waals surface area contributed by atoms with E-state index >= 15 is 0 Å². The van der Waals surface area contributed by atoms with Crippen LogP contribution in [-0.2, 0) is 20.2 Å². The Hall–Kier alpha value is -1.40. The second kappa shape index (κ2) is 6.34. The first-order chi connectivity index (χ1) is 12.2. The number of hydrogen-bond acceptors (Lipinski definition) is 3. The summed E-state index contributed by atoms with van der Waals surface area (Å²) in [5, 5.41) is 2.80. The molecule has 5 nitrogen and oxygen atoms in total. The van der Waals surface area contributed by atoms with Crippen molar-refractivity contribution < 1.29 is 13.2 Å². The lowest BCUT2D eigenvalue weighted by atomic mass is 9.48. The Morgan fingerprint density at radius 3 is 2.04 bits per heavy atom. The zero-order valence-corrected chi connectivity index (χ0v) is 16.4. The van der Waals surface area contributed by atoms with Crippen LogP contribution < -0.4 is 5.32 Å². The van der Waals surface area contributed by atoms with Crippen LogP contribution in [-0.4, -0.2) is 38.5 Å². The highest BCUT2D eigenvalue weighted by atomic mass is 32.2. The minimum atomic E-state index is -3.35. The molecule has 1 amide bonds. The van der Waals surface area contributed by atoms with Gasteiger partial charge in [0.2, 0.25) is 15.9 Å². The smallest absolute Gasteiger partial charge is 0.239 e. The number of carbonyl (C=O) groups excluding carboxylic acids is 1. The van der Waals surface area contributed by atoms with Crippen LogP contribution in [0.3, 0.4) is 0 Å². The number of hydrogen-bond donors (Lipinski definition) is 1. The molecule has 142 valence electrons. The molecule has 4 aliphatic carbocycles. The summed E-state index contributed by atoms with van der Waals surface area (Å²) in [6.07, 6.45) is 9.36. The molecule has 1 N–H and O–H groups in total. The van der Waals surface area contributed by atoms with Gasteiger partial charge >= 0.3 is 0 Å². The third-order valence-corrected chi connectivity index (χ3v) is 8.01. The Morgan fingerprint density at radius 2 is 1.58 bits per heavy atom. The van der Waals surface area contributed by atoms with Crippen molar-refractivity contribution in [2.24, 2.45) is 17.8 Å². The lowest BCUT2D eigenvalue weighted by Crippen LogP contribution is -2.48. The van der Waals surface area contributed by atoms with E-state index in [2.05, 4.69) is 17.4 Å². The van der Waals surface area contributed by atoms with Gasteiger partial charge in [-0.2, -0.15) is 4.31 Å². The number of anilines is 1. The van der Waals surface area contributed by atoms with Crippen molar-refractivity contribution in [1.29, 1.82) is 0 Å². The van der Waals surface area contributed by atoms with Gasteiger partial charge in [-0.15, -0.1) is 0 Å². The molecule has 4 saturated carbocycles. The van der Waals surface area contributed by atoms with Crippen molar-refractivity contribution in [3.05, 3.63) is 29.8 Å². The van der Waals surface area contributed by atoms with Crippen molar-refractivity contribution in [2.45, 2.75) is 43.9 Å². The number of nitrogens with one attached hydrogen (secondary N) is 1. The summed E-state index contributed by atoms with van der Waals surface area (Å²) < 4.78 is 23.9. The second-order valence-corrected chi connectivity index (χ2v) is 10.9. The fourth-order valence-electron chi connectivity index (χ4n) is 5.89. The molecule has 4 fully saturated rings. The van der Waals surface area contributed by atoms with Crippen molar-refractivity contribution in [2.75, 3.05) is 25.2 Å². The van der Waals surface area contributed by atoms with Gasteiger partial charge in [-0.25, -0.2) is 8.42 Å². The van der Waals surface area contributed by atoms with Crippen LogP contribution >= 0.6 is 0 Å². The van der Waals surface area contributed by atoms with Gasteiger partial charge in [0.15, 0.2) is 0 Å². The van der Waals surface area contributed by atoms with E-state index in [1.807, 2.05) is 12.1 Å². The Labute approximate surface area is 156 Å². The molecule has 1 aromatic carbocycles. The van der Waals surface area contributed by atoms with Crippen LogP contribution in [0.25, 0.3) is 0 Å². The summed E-state index contributed by atoms with van der Waals surface area (Å²) in [6, 6.07) is 8.27. The summed E-state index contributed by atoms with van der Waals surface area (Å²) in [4.78, 5) is 12.1. The highest BCUT2D eigenvalue weighted by Gasteiger charge is 2.51. The van der Waals surface area contributed by atoms with Crippen LogP contribution in [0, 0.1) is 17.8 Å². The molecule has 5 rings (SSSR count). The molecule has 0 unspecified atom stereocenters. The van der Waals surface area contributed by atoms with Crippen LogP contribution in [0.5, 0.6) is 0 Å². The maximum atomic E-state index is 12.1. The zero-order valence-electron chi connectivity index (χ0n) is 15.6. The molecule has 0 aliphatic heterocycles. The average Bonchev–Trinajstić information content (AvgIpc) is 2.53. The summed E-state index contributed by atoms with van der Waals surface area (Å²) >= 11 is 0. The van der Waals surface area contributed by atoms with E-state index in [0.29, 0.717) is 5.41 Å². The van der Waals surface area contributed by atoms with Crippen LogP contribution in [0.4, 0.5) is 5.69 Å². The van der Waals surface area contributed by atoms with E-state index in [9.17, 15) is 13.2 Å². The number of rotatable bonds is 5. The van der Waals surface area contributed by atoms with Crippen molar-refractivity contribution in [1.82, 2.24) is 4.31 Å². The highest BCUT2D eigenvalue weighted by Crippen LogP contribution is 2.60. The van der Waals surface area contributed by atoms with Gasteiger partial charge in [-0.1, -0.05) is 12.1 Å². The number of amides is 1. The largest absolute Gasteiger partial charge is 0.325 e. The number of sulfonamides is 1. The molecule has 0 spiro atoms. The minimum Gasteiger partial charge on any atom is -0.325 e. The topological polar surface area (TPSA) is 66.5 Å². The van der Waals surface area contributed by atoms with Gasteiger partial charge in [-0.05, 0) is 79.4 Å². The molecule has 4 bridgehead atoms. The van der Waals surface area contributed by atoms with Crippen molar-refractivity contribution >= 4 is 21.6 Å². The molecule has 4 aliphatic rings. The Balaban J connectivity index is 1.44. The monoisotopic (exact) mass is 376 g/mol. The van der Waals surface area contributed by atoms with Crippen LogP contribution in [0.2, 0.25) is 0 Å². The van der Waals surface area contributed by atoms with Crippen LogP contribution in [0.15, 0.2) is 24.3 Å². The van der Waals surface area contributed by atoms with E-state index in [0.717, 1.165) is 34.0 Å². The first kappa shape index (κ1) is 18.0. The van der Waals surface area contributed by atoms with Gasteiger partial charge in [0.1, 0.15) is 0 Å². The van der Waals surface area contributed by atoms with Gasteiger partial charge in [0, 0.05) is 12.7 Å². The predicted molar refractivity (Wildman–Crippen MR) is 102 cm³/mol. The first-order valence-corrected chi connectivity index (χ1v) is 11.4. The quantitative estimate of drug-likeness (QED) is 0.859. The number of carbonyl (C=O) groups is 1. The summed E-state index contributed by atoms with van der Waals surface area (Å²) in [7, 11) is -1.94. The predicted octanol–water partition coefficient (Wildman–Crippen LogP) is 2.98. The molecule has 26 heavy (non-hydrogen) atoms. The minimum absolute atomic E-state index is 0.171. The lowest BCUT2D eigenvalue weighted by molar-refractivity contribution is -0.116. The molecule has 0 atom stereocenters. The van der Waals surface area contributed by atoms with Crippen molar-refractivity contribution in [3.8, 4) is 0 Å². The number of likely N-dealkylation sites (N-methyl/N-ethyl adjacent to an activating group) is 1. The van der Waals surface area contributed by atoms with Gasteiger partial charge < -0.3 is 5.32 Å². The zero-order chi connectivity index (χ0) is 18.5. The van der Waals surface area contributed by atoms with E-state index in [4.69, 9.17) is 0 Å². The lowest BCUT2D eigenvalue weighted by Gasteiger charge is -2.57. The Bertz CT molecular complexity index is 766.